The third kappa shape index (κ3) is 4.72. The first-order valence-corrected chi connectivity index (χ1v) is 11.8. The molecule has 0 bridgehead atoms. The molecule has 7 nitrogen and oxygen atoms in total. The average Bonchev–Trinajstić information content (AvgIpc) is 3.50. The Morgan fingerprint density at radius 1 is 1.06 bits per heavy atom. The van der Waals surface area contributed by atoms with Gasteiger partial charge in [-0.05, 0) is 34.6 Å². The number of alkyl halides is 2. The molecule has 1 saturated heterocycles. The molecule has 0 spiro atoms. The molecule has 2 aliphatic carbocycles. The molecular weight excluding hydrogens is 458 g/mol. The van der Waals surface area contributed by atoms with Crippen molar-refractivity contribution >= 4 is 18.0 Å². The highest BCUT2D eigenvalue weighted by Crippen LogP contribution is 2.44. The Labute approximate surface area is 201 Å². The van der Waals surface area contributed by atoms with Crippen molar-refractivity contribution in [1.82, 2.24) is 10.2 Å². The van der Waals surface area contributed by atoms with Crippen LogP contribution in [0.4, 0.5) is 13.6 Å². The zero-order chi connectivity index (χ0) is 24.7. The lowest BCUT2D eigenvalue weighted by atomic mass is 9.98. The summed E-state index contributed by atoms with van der Waals surface area (Å²) in [4.78, 5) is 38.0. The first-order chi connectivity index (χ1) is 16.7. The fourth-order valence-corrected chi connectivity index (χ4v) is 5.16. The molecule has 3 aliphatic rings. The molecule has 2 aromatic rings. The van der Waals surface area contributed by atoms with Crippen LogP contribution in [0.25, 0.3) is 11.1 Å². The summed E-state index contributed by atoms with van der Waals surface area (Å²) < 4.78 is 33.4. The highest BCUT2D eigenvalue weighted by molar-refractivity contribution is 5.90. The van der Waals surface area contributed by atoms with E-state index >= 15 is 0 Å². The number of ether oxygens (including phenoxy) is 1. The smallest absolute Gasteiger partial charge is 0.407 e. The van der Waals surface area contributed by atoms with Gasteiger partial charge in [0.2, 0.25) is 5.91 Å². The summed E-state index contributed by atoms with van der Waals surface area (Å²) in [6.07, 6.45) is 0.236. The molecule has 1 heterocycles. The topological polar surface area (TPSA) is 95.9 Å². The molecule has 2 N–H and O–H groups in total. The van der Waals surface area contributed by atoms with Crippen molar-refractivity contribution in [2.45, 2.75) is 49.6 Å². The summed E-state index contributed by atoms with van der Waals surface area (Å²) >= 11 is 0. The van der Waals surface area contributed by atoms with Crippen molar-refractivity contribution in [1.29, 1.82) is 0 Å². The summed E-state index contributed by atoms with van der Waals surface area (Å²) in [5.41, 5.74) is 4.23. The predicted molar refractivity (Wildman–Crippen MR) is 122 cm³/mol. The summed E-state index contributed by atoms with van der Waals surface area (Å²) in [5.74, 6) is -5.56. The van der Waals surface area contributed by atoms with Crippen LogP contribution in [-0.4, -0.2) is 59.1 Å². The number of hydrogen-bond donors (Lipinski definition) is 2. The van der Waals surface area contributed by atoms with Crippen molar-refractivity contribution in [3.05, 3.63) is 59.7 Å². The van der Waals surface area contributed by atoms with Crippen molar-refractivity contribution in [3.8, 4) is 11.1 Å². The number of nitrogens with one attached hydrogen (secondary N) is 1. The normalized spacial score (nSPS) is 21.2. The van der Waals surface area contributed by atoms with E-state index < -0.39 is 48.9 Å². The number of benzene rings is 2. The molecule has 0 radical (unpaired) electrons. The van der Waals surface area contributed by atoms with Gasteiger partial charge in [-0.15, -0.1) is 0 Å². The highest BCUT2D eigenvalue weighted by atomic mass is 19.3. The molecule has 35 heavy (non-hydrogen) atoms. The Morgan fingerprint density at radius 2 is 1.66 bits per heavy atom. The second kappa shape index (κ2) is 8.94. The first-order valence-electron chi connectivity index (χ1n) is 11.8. The Hall–Kier alpha value is -3.49. The number of halogens is 2. The molecule has 5 rings (SSSR count). The van der Waals surface area contributed by atoms with Crippen molar-refractivity contribution in [2.75, 3.05) is 13.2 Å². The molecule has 0 aromatic heterocycles. The monoisotopic (exact) mass is 484 g/mol. The Balaban J connectivity index is 1.28. The van der Waals surface area contributed by atoms with Crippen LogP contribution in [-0.2, 0) is 14.3 Å². The van der Waals surface area contributed by atoms with Gasteiger partial charge in [-0.3, -0.25) is 4.79 Å². The molecule has 2 atom stereocenters. The number of amides is 2. The lowest BCUT2D eigenvalue weighted by Crippen LogP contribution is -2.52. The first kappa shape index (κ1) is 23.3. The number of carbonyl (C=O) groups excluding carboxylic acids is 2. The largest absolute Gasteiger partial charge is 0.480 e. The zero-order valence-corrected chi connectivity index (χ0v) is 19.0. The minimum Gasteiger partial charge on any atom is -0.480 e. The molecule has 9 heteroatoms. The van der Waals surface area contributed by atoms with Gasteiger partial charge < -0.3 is 20.1 Å². The number of alkyl carbamates (subject to hydrolysis) is 1. The summed E-state index contributed by atoms with van der Waals surface area (Å²) in [7, 11) is 0. The number of likely N-dealkylation sites (tertiary alicyclic amines) is 1. The minimum absolute atomic E-state index is 0.0454. The lowest BCUT2D eigenvalue weighted by molar-refractivity contribution is -0.149. The van der Waals surface area contributed by atoms with Crippen LogP contribution in [0.2, 0.25) is 0 Å². The third-order valence-corrected chi connectivity index (χ3v) is 7.04. The predicted octanol–water partition coefficient (Wildman–Crippen LogP) is 4.01. The van der Waals surface area contributed by atoms with Crippen molar-refractivity contribution in [3.63, 3.8) is 0 Å². The Morgan fingerprint density at radius 3 is 2.23 bits per heavy atom. The molecule has 2 aromatic carbocycles. The second-order valence-corrected chi connectivity index (χ2v) is 9.58. The van der Waals surface area contributed by atoms with Gasteiger partial charge in [0.05, 0.1) is 6.54 Å². The molecular formula is C26H26F2N2O5. The van der Waals surface area contributed by atoms with E-state index in [-0.39, 0.29) is 24.9 Å². The molecule has 2 fully saturated rings. The Kier molecular flexibility index (Phi) is 5.94. The lowest BCUT2D eigenvalue weighted by Gasteiger charge is -2.27. The van der Waals surface area contributed by atoms with E-state index in [4.69, 9.17) is 4.74 Å². The number of nitrogens with zero attached hydrogens (tertiary/aromatic N) is 1. The maximum atomic E-state index is 13.9. The number of aliphatic carboxylic acids is 1. The number of carbonyl (C=O) groups is 3. The SMILES string of the molecule is O=C(NC(CC1CC1)C(=O)N1CC(F)(F)C[C@@H]1C(=O)O)OCC1c2ccccc2-c2ccccc21. The van der Waals surface area contributed by atoms with E-state index in [1.165, 1.54) is 0 Å². The standard InChI is InChI=1S/C26H26F2N2O5/c27-26(28)12-22(24(32)33)30(14-26)23(31)21(11-15-9-10-15)29-25(34)35-13-20-18-7-3-1-5-16(18)17-6-2-4-8-19(17)20/h1-8,15,20-22H,9-14H2,(H,29,34)(H,32,33)/t21?,22-/m1/s1. The number of fused-ring (bicyclic) bond motifs is 3. The quantitative estimate of drug-likeness (QED) is 0.619. The average molecular weight is 484 g/mol. The molecule has 1 unspecified atom stereocenters. The van der Waals surface area contributed by atoms with Crippen LogP contribution in [0.15, 0.2) is 48.5 Å². The van der Waals surface area contributed by atoms with Crippen molar-refractivity contribution in [2.24, 2.45) is 5.92 Å². The molecule has 184 valence electrons. The van der Waals surface area contributed by atoms with Crippen LogP contribution in [0.3, 0.4) is 0 Å². The maximum absolute atomic E-state index is 13.9. The number of hydrogen-bond acceptors (Lipinski definition) is 4. The molecule has 2 amide bonds. The number of carboxylic acid groups (broad SMARTS) is 1. The van der Waals surface area contributed by atoms with Gasteiger partial charge in [-0.1, -0.05) is 61.4 Å². The fraction of sp³-hybridized carbons (Fsp3) is 0.423. The van der Waals surface area contributed by atoms with Crippen LogP contribution >= 0.6 is 0 Å². The van der Waals surface area contributed by atoms with Crippen LogP contribution in [0.1, 0.15) is 42.7 Å². The van der Waals surface area contributed by atoms with Gasteiger partial charge in [-0.2, -0.15) is 0 Å². The second-order valence-electron chi connectivity index (χ2n) is 9.58. The van der Waals surface area contributed by atoms with Crippen LogP contribution in [0.5, 0.6) is 0 Å². The van der Waals surface area contributed by atoms with Gasteiger partial charge >= 0.3 is 12.1 Å². The van der Waals surface area contributed by atoms with Gasteiger partial charge in [0, 0.05) is 12.3 Å². The van der Waals surface area contributed by atoms with Gasteiger partial charge in [0.25, 0.3) is 5.92 Å². The highest BCUT2D eigenvalue weighted by Gasteiger charge is 2.51. The number of rotatable bonds is 7. The summed E-state index contributed by atoms with van der Waals surface area (Å²) in [6.45, 7) is -0.930. The van der Waals surface area contributed by atoms with E-state index in [1.54, 1.807) is 0 Å². The van der Waals surface area contributed by atoms with Crippen molar-refractivity contribution < 1.29 is 33.0 Å². The summed E-state index contributed by atoms with van der Waals surface area (Å²) in [5, 5.41) is 11.9. The fourth-order valence-electron chi connectivity index (χ4n) is 5.16. The van der Waals surface area contributed by atoms with Gasteiger partial charge in [0.1, 0.15) is 18.7 Å². The zero-order valence-electron chi connectivity index (χ0n) is 19.0. The van der Waals surface area contributed by atoms with Crippen LogP contribution < -0.4 is 5.32 Å². The summed E-state index contributed by atoms with van der Waals surface area (Å²) in [6, 6.07) is 13.0. The van der Waals surface area contributed by atoms with Gasteiger partial charge in [0.15, 0.2) is 0 Å². The van der Waals surface area contributed by atoms with E-state index in [9.17, 15) is 28.3 Å². The molecule has 1 saturated carbocycles. The van der Waals surface area contributed by atoms with Gasteiger partial charge in [-0.25, -0.2) is 18.4 Å². The maximum Gasteiger partial charge on any atom is 0.407 e. The Bertz CT molecular complexity index is 1120. The third-order valence-electron chi connectivity index (χ3n) is 7.04. The van der Waals surface area contributed by atoms with Crippen LogP contribution in [0, 0.1) is 5.92 Å². The van der Waals surface area contributed by atoms with E-state index in [0.29, 0.717) is 4.90 Å². The molecule has 1 aliphatic heterocycles. The van der Waals surface area contributed by atoms with E-state index in [2.05, 4.69) is 5.32 Å². The van der Waals surface area contributed by atoms with E-state index in [0.717, 1.165) is 35.1 Å². The number of carboxylic acids is 1. The van der Waals surface area contributed by atoms with E-state index in [1.807, 2.05) is 48.5 Å². The minimum atomic E-state index is -3.29.